The molecule has 0 atom stereocenters. The molecule has 0 spiro atoms. The molecule has 1 heterocycles. The van der Waals surface area contributed by atoms with Crippen LogP contribution in [0.4, 0.5) is 11.5 Å². The van der Waals surface area contributed by atoms with Crippen LogP contribution in [-0.2, 0) is 0 Å². The van der Waals surface area contributed by atoms with Crippen LogP contribution in [-0.4, -0.2) is 18.0 Å². The Balaban J connectivity index is 2.28. The molecule has 1 amide bonds. The predicted octanol–water partition coefficient (Wildman–Crippen LogP) is 2.58. The first-order valence-electron chi connectivity index (χ1n) is 5.48. The van der Waals surface area contributed by atoms with E-state index in [1.807, 2.05) is 0 Å². The lowest BCUT2D eigenvalue weighted by Crippen LogP contribution is -2.14. The number of anilines is 2. The van der Waals surface area contributed by atoms with Crippen molar-refractivity contribution in [3.05, 3.63) is 47.1 Å². The van der Waals surface area contributed by atoms with Gasteiger partial charge in [0.05, 0.1) is 18.4 Å². The molecule has 0 saturated heterocycles. The fourth-order valence-electron chi connectivity index (χ4n) is 1.62. The number of benzene rings is 1. The van der Waals surface area contributed by atoms with E-state index in [-0.39, 0.29) is 5.91 Å². The summed E-state index contributed by atoms with van der Waals surface area (Å²) in [5.74, 6) is 0.336. The van der Waals surface area contributed by atoms with Gasteiger partial charge in [-0.05, 0) is 24.3 Å². The van der Waals surface area contributed by atoms with Gasteiger partial charge in [0.1, 0.15) is 11.0 Å². The molecule has 0 aliphatic carbocycles. The maximum absolute atomic E-state index is 12.1. The number of hydrogen-bond donors (Lipinski definition) is 2. The quantitative estimate of drug-likeness (QED) is 0.668. The van der Waals surface area contributed by atoms with Crippen LogP contribution in [0.3, 0.4) is 0 Å². The molecule has 2 rings (SSSR count). The Morgan fingerprint density at radius 2 is 2.05 bits per heavy atom. The maximum atomic E-state index is 12.1. The summed E-state index contributed by atoms with van der Waals surface area (Å²) in [6.45, 7) is 0. The second kappa shape index (κ2) is 5.58. The van der Waals surface area contributed by atoms with Gasteiger partial charge in [-0.2, -0.15) is 0 Å². The number of nitrogens with one attached hydrogen (secondary N) is 1. The molecular weight excluding hydrogens is 266 g/mol. The van der Waals surface area contributed by atoms with E-state index in [0.717, 1.165) is 0 Å². The molecule has 1 aromatic carbocycles. The van der Waals surface area contributed by atoms with E-state index in [9.17, 15) is 4.79 Å². The summed E-state index contributed by atoms with van der Waals surface area (Å²) >= 11 is 5.75. The fourth-order valence-corrected chi connectivity index (χ4v) is 1.79. The summed E-state index contributed by atoms with van der Waals surface area (Å²) < 4.78 is 5.13. The van der Waals surface area contributed by atoms with E-state index in [0.29, 0.717) is 28.0 Å². The third-order valence-corrected chi connectivity index (χ3v) is 2.66. The number of ether oxygens (including phenoxy) is 1. The zero-order valence-corrected chi connectivity index (χ0v) is 10.9. The first kappa shape index (κ1) is 13.2. The number of nitrogen functional groups attached to an aromatic ring is 1. The summed E-state index contributed by atoms with van der Waals surface area (Å²) in [7, 11) is 1.46. The van der Waals surface area contributed by atoms with Gasteiger partial charge >= 0.3 is 0 Å². The lowest BCUT2D eigenvalue weighted by molar-refractivity contribution is 0.102. The molecule has 0 radical (unpaired) electrons. The highest BCUT2D eigenvalue weighted by atomic mass is 35.5. The highest BCUT2D eigenvalue weighted by Gasteiger charge is 2.14. The molecule has 0 unspecified atom stereocenters. The van der Waals surface area contributed by atoms with Crippen molar-refractivity contribution in [3.63, 3.8) is 0 Å². The van der Waals surface area contributed by atoms with Crippen molar-refractivity contribution >= 4 is 29.0 Å². The maximum Gasteiger partial charge on any atom is 0.260 e. The molecular formula is C13H12ClN3O2. The Bertz CT molecular complexity index is 617. The van der Waals surface area contributed by atoms with E-state index in [1.165, 1.54) is 7.11 Å². The number of pyridine rings is 1. The second-order valence-corrected chi connectivity index (χ2v) is 4.11. The van der Waals surface area contributed by atoms with Gasteiger partial charge in [-0.1, -0.05) is 23.7 Å². The van der Waals surface area contributed by atoms with Gasteiger partial charge in [0.25, 0.3) is 5.91 Å². The van der Waals surface area contributed by atoms with Gasteiger partial charge < -0.3 is 15.8 Å². The standard InChI is InChI=1S/C13H12ClN3O2/c1-19-12-8(4-2-5-9(12)15)13(18)17-11-7-3-6-10(14)16-11/h2-7H,15H2,1H3,(H,16,17,18). The molecule has 0 fully saturated rings. The molecule has 0 aliphatic rings. The number of carbonyl (C=O) groups excluding carboxylic acids is 1. The zero-order valence-electron chi connectivity index (χ0n) is 10.2. The summed E-state index contributed by atoms with van der Waals surface area (Å²) in [4.78, 5) is 16.1. The average molecular weight is 278 g/mol. The minimum atomic E-state index is -0.362. The predicted molar refractivity (Wildman–Crippen MR) is 74.6 cm³/mol. The summed E-state index contributed by atoms with van der Waals surface area (Å²) in [6, 6.07) is 9.92. The van der Waals surface area contributed by atoms with E-state index in [2.05, 4.69) is 10.3 Å². The highest BCUT2D eigenvalue weighted by Crippen LogP contribution is 2.26. The number of methoxy groups -OCH3 is 1. The second-order valence-electron chi connectivity index (χ2n) is 3.73. The Hall–Kier alpha value is -2.27. The molecule has 6 heteroatoms. The molecule has 1 aromatic heterocycles. The Kier molecular flexibility index (Phi) is 3.87. The average Bonchev–Trinajstić information content (AvgIpc) is 2.38. The number of hydrogen-bond acceptors (Lipinski definition) is 4. The van der Waals surface area contributed by atoms with Gasteiger partial charge in [0, 0.05) is 0 Å². The molecule has 2 aromatic rings. The van der Waals surface area contributed by atoms with E-state index in [4.69, 9.17) is 22.1 Å². The molecule has 0 aliphatic heterocycles. The Morgan fingerprint density at radius 3 is 2.74 bits per heavy atom. The molecule has 19 heavy (non-hydrogen) atoms. The molecule has 0 bridgehead atoms. The molecule has 0 saturated carbocycles. The van der Waals surface area contributed by atoms with E-state index >= 15 is 0 Å². The lowest BCUT2D eigenvalue weighted by atomic mass is 10.1. The van der Waals surface area contributed by atoms with Crippen LogP contribution in [0.15, 0.2) is 36.4 Å². The van der Waals surface area contributed by atoms with Gasteiger partial charge in [-0.15, -0.1) is 0 Å². The zero-order chi connectivity index (χ0) is 13.8. The van der Waals surface area contributed by atoms with Crippen LogP contribution in [0, 0.1) is 0 Å². The van der Waals surface area contributed by atoms with Gasteiger partial charge in [0.2, 0.25) is 0 Å². The number of nitrogens with two attached hydrogens (primary N) is 1. The number of amides is 1. The van der Waals surface area contributed by atoms with Gasteiger partial charge in [0.15, 0.2) is 5.75 Å². The molecule has 98 valence electrons. The number of nitrogens with zero attached hydrogens (tertiary/aromatic N) is 1. The van der Waals surface area contributed by atoms with Crippen molar-refractivity contribution in [2.45, 2.75) is 0 Å². The summed E-state index contributed by atoms with van der Waals surface area (Å²) in [5.41, 5.74) is 6.48. The van der Waals surface area contributed by atoms with E-state index < -0.39 is 0 Å². The van der Waals surface area contributed by atoms with Gasteiger partial charge in [-0.3, -0.25) is 4.79 Å². The van der Waals surface area contributed by atoms with Crippen LogP contribution < -0.4 is 15.8 Å². The van der Waals surface area contributed by atoms with Crippen molar-refractivity contribution < 1.29 is 9.53 Å². The third-order valence-electron chi connectivity index (χ3n) is 2.45. The topological polar surface area (TPSA) is 77.2 Å². The van der Waals surface area contributed by atoms with Crippen molar-refractivity contribution in [1.29, 1.82) is 0 Å². The number of para-hydroxylation sites is 1. The first-order valence-corrected chi connectivity index (χ1v) is 5.86. The van der Waals surface area contributed by atoms with Gasteiger partial charge in [-0.25, -0.2) is 4.98 Å². The lowest BCUT2D eigenvalue weighted by Gasteiger charge is -2.10. The smallest absolute Gasteiger partial charge is 0.260 e. The van der Waals surface area contributed by atoms with Crippen LogP contribution >= 0.6 is 11.6 Å². The van der Waals surface area contributed by atoms with Crippen LogP contribution in [0.1, 0.15) is 10.4 Å². The Morgan fingerprint density at radius 1 is 1.32 bits per heavy atom. The number of rotatable bonds is 3. The van der Waals surface area contributed by atoms with Crippen LogP contribution in [0.2, 0.25) is 5.15 Å². The summed E-state index contributed by atoms with van der Waals surface area (Å²) in [6.07, 6.45) is 0. The normalized spacial score (nSPS) is 10.0. The number of halogens is 1. The van der Waals surface area contributed by atoms with Crippen molar-refractivity contribution in [2.24, 2.45) is 0 Å². The Labute approximate surface area is 115 Å². The number of carbonyl (C=O) groups is 1. The van der Waals surface area contributed by atoms with Crippen LogP contribution in [0.5, 0.6) is 5.75 Å². The molecule has 3 N–H and O–H groups in total. The monoisotopic (exact) mass is 277 g/mol. The third kappa shape index (κ3) is 2.95. The first-order chi connectivity index (χ1) is 9.11. The fraction of sp³-hybridized carbons (Fsp3) is 0.0769. The van der Waals surface area contributed by atoms with Crippen molar-refractivity contribution in [1.82, 2.24) is 4.98 Å². The molecule has 5 nitrogen and oxygen atoms in total. The van der Waals surface area contributed by atoms with E-state index in [1.54, 1.807) is 36.4 Å². The minimum absolute atomic E-state index is 0.303. The highest BCUT2D eigenvalue weighted by molar-refractivity contribution is 6.29. The minimum Gasteiger partial charge on any atom is -0.494 e. The van der Waals surface area contributed by atoms with Crippen molar-refractivity contribution in [2.75, 3.05) is 18.2 Å². The summed E-state index contributed by atoms with van der Waals surface area (Å²) in [5, 5.41) is 2.93. The van der Waals surface area contributed by atoms with Crippen LogP contribution in [0.25, 0.3) is 0 Å². The largest absolute Gasteiger partial charge is 0.494 e. The number of aromatic nitrogens is 1. The SMILES string of the molecule is COc1c(N)cccc1C(=O)Nc1cccc(Cl)n1. The van der Waals surface area contributed by atoms with Crippen molar-refractivity contribution in [3.8, 4) is 5.75 Å².